The van der Waals surface area contributed by atoms with E-state index in [0.717, 1.165) is 25.4 Å². The fourth-order valence-electron chi connectivity index (χ4n) is 4.29. The van der Waals surface area contributed by atoms with Crippen molar-refractivity contribution >= 4 is 5.82 Å². The Morgan fingerprint density at radius 1 is 1.20 bits per heavy atom. The normalized spacial score (nSPS) is 24.7. The molecule has 6 nitrogen and oxygen atoms in total. The highest BCUT2D eigenvalue weighted by atomic mass is 16.5. The van der Waals surface area contributed by atoms with Gasteiger partial charge in [-0.25, -0.2) is 0 Å². The number of anilines is 1. The predicted molar refractivity (Wildman–Crippen MR) is 97.5 cm³/mol. The molecule has 6 heteroatoms. The molecule has 2 aromatic heterocycles. The van der Waals surface area contributed by atoms with Crippen LogP contribution in [0.3, 0.4) is 0 Å². The summed E-state index contributed by atoms with van der Waals surface area (Å²) in [4.78, 5) is 0. The highest BCUT2D eigenvalue weighted by Crippen LogP contribution is 2.35. The first kappa shape index (κ1) is 16.6. The van der Waals surface area contributed by atoms with Gasteiger partial charge in [0, 0.05) is 56.9 Å². The Labute approximate surface area is 149 Å². The highest BCUT2D eigenvalue weighted by Gasteiger charge is 2.30. The van der Waals surface area contributed by atoms with Gasteiger partial charge in [-0.3, -0.25) is 9.36 Å². The number of rotatable bonds is 5. The summed E-state index contributed by atoms with van der Waals surface area (Å²) >= 11 is 0. The van der Waals surface area contributed by atoms with E-state index in [9.17, 15) is 0 Å². The molecule has 2 aromatic rings. The van der Waals surface area contributed by atoms with Crippen molar-refractivity contribution < 1.29 is 4.74 Å². The van der Waals surface area contributed by atoms with Gasteiger partial charge in [-0.05, 0) is 19.3 Å². The molecule has 3 heterocycles. The average molecular weight is 343 g/mol. The van der Waals surface area contributed by atoms with E-state index >= 15 is 0 Å². The number of aryl methyl sites for hydroxylation is 2. The van der Waals surface area contributed by atoms with Gasteiger partial charge < -0.3 is 10.1 Å². The molecule has 1 aliphatic carbocycles. The number of nitrogens with one attached hydrogen (secondary N) is 1. The first-order valence-corrected chi connectivity index (χ1v) is 9.58. The minimum Gasteiger partial charge on any atom is -0.373 e. The molecule has 2 atom stereocenters. The lowest BCUT2D eigenvalue weighted by Crippen LogP contribution is -2.18. The molecule has 1 N–H and O–H groups in total. The summed E-state index contributed by atoms with van der Waals surface area (Å²) in [5.41, 5.74) is 2.44. The fraction of sp³-hybridized carbons (Fsp3) is 0.684. The van der Waals surface area contributed by atoms with E-state index in [-0.39, 0.29) is 6.10 Å². The van der Waals surface area contributed by atoms with E-state index in [1.165, 1.54) is 43.4 Å². The molecule has 1 saturated heterocycles. The van der Waals surface area contributed by atoms with Gasteiger partial charge in [0.1, 0.15) is 5.82 Å². The number of aromatic nitrogens is 4. The molecule has 1 aliphatic heterocycles. The SMILES string of the molecule is Cn1cc([C@H]2OCC[C@@H]2CNc2cc(C3CCCCC3)nn2C)cn1. The third kappa shape index (κ3) is 3.59. The van der Waals surface area contributed by atoms with Crippen LogP contribution in [0.1, 0.15) is 61.8 Å². The van der Waals surface area contributed by atoms with Crippen molar-refractivity contribution in [3.8, 4) is 0 Å². The minimum absolute atomic E-state index is 0.146. The number of hydrogen-bond acceptors (Lipinski definition) is 4. The molecular weight excluding hydrogens is 314 g/mol. The van der Waals surface area contributed by atoms with Crippen molar-refractivity contribution in [3.05, 3.63) is 29.7 Å². The molecule has 2 fully saturated rings. The fourth-order valence-corrected chi connectivity index (χ4v) is 4.29. The summed E-state index contributed by atoms with van der Waals surface area (Å²) in [6.45, 7) is 1.73. The Kier molecular flexibility index (Phi) is 4.79. The van der Waals surface area contributed by atoms with Gasteiger partial charge in [-0.2, -0.15) is 10.2 Å². The van der Waals surface area contributed by atoms with Crippen LogP contribution in [-0.4, -0.2) is 32.7 Å². The third-order valence-electron chi connectivity index (χ3n) is 5.74. The second-order valence-corrected chi connectivity index (χ2v) is 7.58. The zero-order chi connectivity index (χ0) is 17.2. The summed E-state index contributed by atoms with van der Waals surface area (Å²) in [5, 5.41) is 12.7. The molecule has 0 spiro atoms. The van der Waals surface area contributed by atoms with Gasteiger partial charge in [0.15, 0.2) is 0 Å². The van der Waals surface area contributed by atoms with E-state index < -0.39 is 0 Å². The Bertz CT molecular complexity index is 700. The van der Waals surface area contributed by atoms with Crippen LogP contribution in [-0.2, 0) is 18.8 Å². The van der Waals surface area contributed by atoms with Gasteiger partial charge in [-0.1, -0.05) is 19.3 Å². The Hall–Kier alpha value is -1.82. The van der Waals surface area contributed by atoms with Crippen molar-refractivity contribution in [1.82, 2.24) is 19.6 Å². The zero-order valence-electron chi connectivity index (χ0n) is 15.3. The topological polar surface area (TPSA) is 56.9 Å². The molecule has 4 rings (SSSR count). The maximum Gasteiger partial charge on any atom is 0.124 e. The van der Waals surface area contributed by atoms with E-state index in [4.69, 9.17) is 9.84 Å². The third-order valence-corrected chi connectivity index (χ3v) is 5.74. The molecule has 2 aliphatic rings. The van der Waals surface area contributed by atoms with Crippen molar-refractivity contribution in [1.29, 1.82) is 0 Å². The van der Waals surface area contributed by atoms with Crippen LogP contribution in [0.25, 0.3) is 0 Å². The maximum absolute atomic E-state index is 5.97. The molecule has 1 saturated carbocycles. The van der Waals surface area contributed by atoms with Crippen LogP contribution in [0.2, 0.25) is 0 Å². The summed E-state index contributed by atoms with van der Waals surface area (Å²) in [7, 11) is 3.99. The summed E-state index contributed by atoms with van der Waals surface area (Å²) in [6.07, 6.45) is 11.9. The zero-order valence-corrected chi connectivity index (χ0v) is 15.3. The number of ether oxygens (including phenoxy) is 1. The van der Waals surface area contributed by atoms with Gasteiger partial charge in [0.25, 0.3) is 0 Å². The van der Waals surface area contributed by atoms with Crippen LogP contribution < -0.4 is 5.32 Å². The van der Waals surface area contributed by atoms with E-state index in [1.807, 2.05) is 29.7 Å². The lowest BCUT2D eigenvalue weighted by atomic mass is 9.87. The standard InChI is InChI=1S/C19H29N5O/c1-23-13-16(12-21-23)19-15(8-9-25-19)11-20-18-10-17(22-24(18)2)14-6-4-3-5-7-14/h10,12-15,19-20H,3-9,11H2,1-2H3/t15-,19+/m1/s1. The number of hydrogen-bond donors (Lipinski definition) is 1. The van der Waals surface area contributed by atoms with Gasteiger partial charge in [0.2, 0.25) is 0 Å². The van der Waals surface area contributed by atoms with E-state index in [0.29, 0.717) is 11.8 Å². The molecule has 0 amide bonds. The summed E-state index contributed by atoms with van der Waals surface area (Å²) in [5.74, 6) is 2.24. The Balaban J connectivity index is 1.40. The number of nitrogens with zero attached hydrogens (tertiary/aromatic N) is 4. The second-order valence-electron chi connectivity index (χ2n) is 7.58. The average Bonchev–Trinajstić information content (AvgIpc) is 3.33. The Morgan fingerprint density at radius 2 is 2.04 bits per heavy atom. The molecule has 0 radical (unpaired) electrons. The maximum atomic E-state index is 5.97. The minimum atomic E-state index is 0.146. The van der Waals surface area contributed by atoms with Crippen LogP contribution in [0.5, 0.6) is 0 Å². The molecule has 0 bridgehead atoms. The Morgan fingerprint density at radius 3 is 2.80 bits per heavy atom. The van der Waals surface area contributed by atoms with Gasteiger partial charge in [0.05, 0.1) is 18.0 Å². The summed E-state index contributed by atoms with van der Waals surface area (Å²) in [6, 6.07) is 2.25. The van der Waals surface area contributed by atoms with Crippen molar-refractivity contribution in [2.45, 2.75) is 50.5 Å². The summed E-state index contributed by atoms with van der Waals surface area (Å²) < 4.78 is 9.81. The molecule has 0 unspecified atom stereocenters. The largest absolute Gasteiger partial charge is 0.373 e. The van der Waals surface area contributed by atoms with Crippen LogP contribution in [0, 0.1) is 5.92 Å². The molecule has 0 aromatic carbocycles. The quantitative estimate of drug-likeness (QED) is 0.904. The smallest absolute Gasteiger partial charge is 0.124 e. The van der Waals surface area contributed by atoms with Crippen molar-refractivity contribution in [2.24, 2.45) is 20.0 Å². The monoisotopic (exact) mass is 343 g/mol. The molecule has 25 heavy (non-hydrogen) atoms. The van der Waals surface area contributed by atoms with E-state index in [2.05, 4.69) is 22.7 Å². The van der Waals surface area contributed by atoms with Gasteiger partial charge >= 0.3 is 0 Å². The first-order valence-electron chi connectivity index (χ1n) is 9.58. The second kappa shape index (κ2) is 7.20. The predicted octanol–water partition coefficient (Wildman–Crippen LogP) is 3.39. The lowest BCUT2D eigenvalue weighted by Gasteiger charge is -2.19. The highest BCUT2D eigenvalue weighted by molar-refractivity contribution is 5.38. The van der Waals surface area contributed by atoms with Crippen molar-refractivity contribution in [3.63, 3.8) is 0 Å². The lowest BCUT2D eigenvalue weighted by molar-refractivity contribution is 0.0932. The van der Waals surface area contributed by atoms with Crippen LogP contribution in [0.15, 0.2) is 18.5 Å². The molecule has 136 valence electrons. The van der Waals surface area contributed by atoms with Crippen molar-refractivity contribution in [2.75, 3.05) is 18.5 Å². The molecular formula is C19H29N5O. The van der Waals surface area contributed by atoms with Gasteiger partial charge in [-0.15, -0.1) is 0 Å². The van der Waals surface area contributed by atoms with Crippen LogP contribution in [0.4, 0.5) is 5.82 Å². The van der Waals surface area contributed by atoms with Crippen LogP contribution >= 0.6 is 0 Å². The first-order chi connectivity index (χ1) is 12.2. The van der Waals surface area contributed by atoms with E-state index in [1.54, 1.807) is 0 Å².